The van der Waals surface area contributed by atoms with Gasteiger partial charge in [-0.05, 0) is 36.3 Å². The summed E-state index contributed by atoms with van der Waals surface area (Å²) in [6, 6.07) is 8.18. The largest absolute Gasteiger partial charge is 0.392 e. The quantitative estimate of drug-likeness (QED) is 0.790. The number of benzene rings is 1. The molecule has 0 spiro atoms. The third kappa shape index (κ3) is 3.27. The second-order valence-corrected chi connectivity index (χ2v) is 6.25. The van der Waals surface area contributed by atoms with E-state index in [0.717, 1.165) is 17.5 Å². The van der Waals surface area contributed by atoms with Crippen molar-refractivity contribution in [2.45, 2.75) is 57.3 Å². The Kier molecular flexibility index (Phi) is 4.56. The molecule has 2 fully saturated rings. The Labute approximate surface area is 125 Å². The van der Waals surface area contributed by atoms with Gasteiger partial charge in [0.1, 0.15) is 0 Å². The summed E-state index contributed by atoms with van der Waals surface area (Å²) in [7, 11) is 0. The molecule has 1 aromatic rings. The first-order valence-corrected chi connectivity index (χ1v) is 7.99. The first-order valence-electron chi connectivity index (χ1n) is 7.99. The van der Waals surface area contributed by atoms with Gasteiger partial charge in [-0.25, -0.2) is 0 Å². The molecule has 3 rings (SSSR count). The Balaban J connectivity index is 1.55. The van der Waals surface area contributed by atoms with Gasteiger partial charge in [-0.3, -0.25) is 4.79 Å². The number of nitrogens with one attached hydrogen (secondary N) is 2. The van der Waals surface area contributed by atoms with Crippen LogP contribution >= 0.6 is 0 Å². The SMILES string of the molecule is O=C(NCc1ccccc1CO)[C@@H]1C[C@H]2CCCC[C@@H]2N1. The lowest BCUT2D eigenvalue weighted by molar-refractivity contribution is -0.123. The van der Waals surface area contributed by atoms with Crippen molar-refractivity contribution in [2.75, 3.05) is 0 Å². The number of fused-ring (bicyclic) bond motifs is 1. The zero-order chi connectivity index (χ0) is 14.7. The Bertz CT molecular complexity index is 489. The van der Waals surface area contributed by atoms with Gasteiger partial charge in [0.2, 0.25) is 5.91 Å². The highest BCUT2D eigenvalue weighted by Gasteiger charge is 2.37. The van der Waals surface area contributed by atoms with Crippen LogP contribution in [0.25, 0.3) is 0 Å². The molecular weight excluding hydrogens is 264 g/mol. The van der Waals surface area contributed by atoms with Crippen LogP contribution in [0.15, 0.2) is 24.3 Å². The fourth-order valence-electron chi connectivity index (χ4n) is 3.71. The van der Waals surface area contributed by atoms with Crippen LogP contribution in [0.2, 0.25) is 0 Å². The second kappa shape index (κ2) is 6.58. The molecular formula is C17H24N2O2. The molecule has 1 heterocycles. The molecule has 2 aliphatic rings. The molecule has 21 heavy (non-hydrogen) atoms. The van der Waals surface area contributed by atoms with Crippen molar-refractivity contribution in [3.8, 4) is 0 Å². The Morgan fingerprint density at radius 1 is 1.24 bits per heavy atom. The monoisotopic (exact) mass is 288 g/mol. The lowest BCUT2D eigenvalue weighted by Gasteiger charge is -2.24. The number of hydrogen-bond acceptors (Lipinski definition) is 3. The Hall–Kier alpha value is -1.39. The van der Waals surface area contributed by atoms with Gasteiger partial charge in [0.15, 0.2) is 0 Å². The molecule has 3 N–H and O–H groups in total. The van der Waals surface area contributed by atoms with Crippen LogP contribution in [0, 0.1) is 5.92 Å². The van der Waals surface area contributed by atoms with Gasteiger partial charge in [-0.2, -0.15) is 0 Å². The molecule has 1 amide bonds. The van der Waals surface area contributed by atoms with Crippen molar-refractivity contribution in [2.24, 2.45) is 5.92 Å². The minimum atomic E-state index is -0.0422. The standard InChI is InChI=1S/C17H24N2O2/c20-11-14-7-2-1-6-13(14)10-18-17(21)16-9-12-5-3-4-8-15(12)19-16/h1-2,6-7,12,15-16,19-20H,3-5,8-11H2,(H,18,21)/t12-,15+,16+/m1/s1. The molecule has 1 aliphatic carbocycles. The number of hydrogen-bond donors (Lipinski definition) is 3. The minimum absolute atomic E-state index is 0.0118. The molecule has 0 aromatic heterocycles. The van der Waals surface area contributed by atoms with Crippen LogP contribution in [-0.4, -0.2) is 23.1 Å². The second-order valence-electron chi connectivity index (χ2n) is 6.25. The number of aliphatic hydroxyl groups is 1. The van der Waals surface area contributed by atoms with E-state index in [2.05, 4.69) is 10.6 Å². The van der Waals surface area contributed by atoms with E-state index in [4.69, 9.17) is 0 Å². The molecule has 0 unspecified atom stereocenters. The van der Waals surface area contributed by atoms with E-state index in [0.29, 0.717) is 18.5 Å². The van der Waals surface area contributed by atoms with Gasteiger partial charge in [0.25, 0.3) is 0 Å². The molecule has 1 aromatic carbocycles. The van der Waals surface area contributed by atoms with Crippen molar-refractivity contribution < 1.29 is 9.90 Å². The third-order valence-electron chi connectivity index (χ3n) is 4.92. The molecule has 0 bridgehead atoms. The topological polar surface area (TPSA) is 61.4 Å². The fraction of sp³-hybridized carbons (Fsp3) is 0.588. The summed E-state index contributed by atoms with van der Waals surface area (Å²) in [4.78, 5) is 12.3. The molecule has 1 saturated carbocycles. The summed E-state index contributed by atoms with van der Waals surface area (Å²) in [5, 5.41) is 15.8. The third-order valence-corrected chi connectivity index (χ3v) is 4.92. The predicted octanol–water partition coefficient (Wildman–Crippen LogP) is 1.72. The van der Waals surface area contributed by atoms with E-state index in [1.807, 2.05) is 24.3 Å². The average Bonchev–Trinajstić information content (AvgIpc) is 2.97. The summed E-state index contributed by atoms with van der Waals surface area (Å²) in [6.07, 6.45) is 6.03. The zero-order valence-corrected chi connectivity index (χ0v) is 12.3. The molecule has 114 valence electrons. The normalized spacial score (nSPS) is 28.1. The van der Waals surface area contributed by atoms with E-state index >= 15 is 0 Å². The van der Waals surface area contributed by atoms with Crippen LogP contribution < -0.4 is 10.6 Å². The zero-order valence-electron chi connectivity index (χ0n) is 12.3. The minimum Gasteiger partial charge on any atom is -0.392 e. The van der Waals surface area contributed by atoms with E-state index < -0.39 is 0 Å². The van der Waals surface area contributed by atoms with Crippen molar-refractivity contribution in [3.05, 3.63) is 35.4 Å². The molecule has 1 aliphatic heterocycles. The van der Waals surface area contributed by atoms with E-state index in [1.54, 1.807) is 0 Å². The maximum atomic E-state index is 12.3. The lowest BCUT2D eigenvalue weighted by Crippen LogP contribution is -2.43. The van der Waals surface area contributed by atoms with Crippen LogP contribution in [0.3, 0.4) is 0 Å². The van der Waals surface area contributed by atoms with Crippen molar-refractivity contribution in [1.82, 2.24) is 10.6 Å². The summed E-state index contributed by atoms with van der Waals surface area (Å²) in [5.74, 6) is 0.774. The van der Waals surface area contributed by atoms with E-state index in [-0.39, 0.29) is 18.6 Å². The van der Waals surface area contributed by atoms with Crippen LogP contribution in [0.5, 0.6) is 0 Å². The smallest absolute Gasteiger partial charge is 0.237 e. The highest BCUT2D eigenvalue weighted by atomic mass is 16.3. The lowest BCUT2D eigenvalue weighted by atomic mass is 9.85. The van der Waals surface area contributed by atoms with Crippen LogP contribution in [0.1, 0.15) is 43.2 Å². The van der Waals surface area contributed by atoms with Crippen LogP contribution in [-0.2, 0) is 17.9 Å². The number of carbonyl (C=O) groups is 1. The number of rotatable bonds is 4. The van der Waals surface area contributed by atoms with Crippen molar-refractivity contribution >= 4 is 5.91 Å². The molecule has 0 radical (unpaired) electrons. The molecule has 1 saturated heterocycles. The number of carbonyl (C=O) groups excluding carboxylic acids is 1. The van der Waals surface area contributed by atoms with Gasteiger partial charge in [-0.1, -0.05) is 37.1 Å². The first kappa shape index (κ1) is 14.5. The molecule has 4 nitrogen and oxygen atoms in total. The maximum absolute atomic E-state index is 12.3. The van der Waals surface area contributed by atoms with Gasteiger partial charge in [0, 0.05) is 12.6 Å². The summed E-state index contributed by atoms with van der Waals surface area (Å²) >= 11 is 0. The fourth-order valence-corrected chi connectivity index (χ4v) is 3.71. The first-order chi connectivity index (χ1) is 10.3. The Morgan fingerprint density at radius 2 is 2.00 bits per heavy atom. The van der Waals surface area contributed by atoms with Crippen LogP contribution in [0.4, 0.5) is 0 Å². The number of aliphatic hydroxyl groups excluding tert-OH is 1. The van der Waals surface area contributed by atoms with Crippen molar-refractivity contribution in [3.63, 3.8) is 0 Å². The van der Waals surface area contributed by atoms with E-state index in [9.17, 15) is 9.90 Å². The number of amides is 1. The summed E-state index contributed by atoms with van der Waals surface area (Å²) in [6.45, 7) is 0.501. The Morgan fingerprint density at radius 3 is 2.76 bits per heavy atom. The van der Waals surface area contributed by atoms with Crippen molar-refractivity contribution in [1.29, 1.82) is 0 Å². The highest BCUT2D eigenvalue weighted by Crippen LogP contribution is 2.33. The molecule has 3 atom stereocenters. The summed E-state index contributed by atoms with van der Waals surface area (Å²) in [5.41, 5.74) is 1.87. The highest BCUT2D eigenvalue weighted by molar-refractivity contribution is 5.82. The summed E-state index contributed by atoms with van der Waals surface area (Å²) < 4.78 is 0. The van der Waals surface area contributed by atoms with E-state index in [1.165, 1.54) is 25.7 Å². The average molecular weight is 288 g/mol. The van der Waals surface area contributed by atoms with Gasteiger partial charge in [0.05, 0.1) is 12.6 Å². The maximum Gasteiger partial charge on any atom is 0.237 e. The van der Waals surface area contributed by atoms with Gasteiger partial charge >= 0.3 is 0 Å². The van der Waals surface area contributed by atoms with Gasteiger partial charge < -0.3 is 15.7 Å². The molecule has 4 heteroatoms. The van der Waals surface area contributed by atoms with Gasteiger partial charge in [-0.15, -0.1) is 0 Å². The predicted molar refractivity (Wildman–Crippen MR) is 81.5 cm³/mol.